The lowest BCUT2D eigenvalue weighted by Crippen LogP contribution is -2.41. The molecule has 0 fully saturated rings. The quantitative estimate of drug-likeness (QED) is 0.327. The van der Waals surface area contributed by atoms with Gasteiger partial charge >= 0.3 is 0 Å². The molecule has 0 radical (unpaired) electrons. The molecule has 0 saturated carbocycles. The zero-order valence-electron chi connectivity index (χ0n) is 14.5. The van der Waals surface area contributed by atoms with E-state index in [0.717, 1.165) is 25.5 Å². The standard InChI is InChI=1S/C17H28N2O4/c1-14(2)15(13-21)19(4)17(23)9-6-5-7-11-18(3)16(22)10-8-12-20/h8,10,12-15H,5-7,9,11H2,1-4H3/b10-8-. The molecular formula is C17H28N2O4. The number of carbonyl (C=O) groups excluding carboxylic acids is 4. The Morgan fingerprint density at radius 1 is 1.04 bits per heavy atom. The monoisotopic (exact) mass is 324 g/mol. The molecule has 0 heterocycles. The summed E-state index contributed by atoms with van der Waals surface area (Å²) in [6, 6.07) is -0.379. The van der Waals surface area contributed by atoms with Gasteiger partial charge in [-0.2, -0.15) is 0 Å². The molecular weight excluding hydrogens is 296 g/mol. The first-order valence-electron chi connectivity index (χ1n) is 7.93. The predicted octanol–water partition coefficient (Wildman–Crippen LogP) is 1.44. The maximum absolute atomic E-state index is 12.0. The third-order valence-electron chi connectivity index (χ3n) is 3.74. The Morgan fingerprint density at radius 2 is 1.70 bits per heavy atom. The molecule has 6 heteroatoms. The first-order valence-corrected chi connectivity index (χ1v) is 7.93. The Bertz CT molecular complexity index is 432. The van der Waals surface area contributed by atoms with Gasteiger partial charge in [-0.1, -0.05) is 20.3 Å². The van der Waals surface area contributed by atoms with Crippen molar-refractivity contribution in [1.29, 1.82) is 0 Å². The number of amides is 2. The summed E-state index contributed by atoms with van der Waals surface area (Å²) in [5.41, 5.74) is 0. The van der Waals surface area contributed by atoms with Crippen LogP contribution < -0.4 is 0 Å². The molecule has 0 rings (SSSR count). The van der Waals surface area contributed by atoms with E-state index in [0.29, 0.717) is 19.3 Å². The lowest BCUT2D eigenvalue weighted by molar-refractivity contribution is -0.136. The van der Waals surface area contributed by atoms with E-state index in [9.17, 15) is 19.2 Å². The van der Waals surface area contributed by atoms with E-state index < -0.39 is 0 Å². The van der Waals surface area contributed by atoms with E-state index >= 15 is 0 Å². The molecule has 23 heavy (non-hydrogen) atoms. The predicted molar refractivity (Wildman–Crippen MR) is 88.8 cm³/mol. The van der Waals surface area contributed by atoms with E-state index in [4.69, 9.17) is 0 Å². The van der Waals surface area contributed by atoms with Crippen molar-refractivity contribution in [2.24, 2.45) is 5.92 Å². The first kappa shape index (κ1) is 21.0. The average molecular weight is 324 g/mol. The average Bonchev–Trinajstić information content (AvgIpc) is 2.51. The molecule has 0 aromatic carbocycles. The van der Waals surface area contributed by atoms with Gasteiger partial charge in [0.25, 0.3) is 0 Å². The molecule has 0 aliphatic heterocycles. The summed E-state index contributed by atoms with van der Waals surface area (Å²) in [6.07, 6.45) is 6.52. The van der Waals surface area contributed by atoms with Crippen molar-refractivity contribution < 1.29 is 19.2 Å². The van der Waals surface area contributed by atoms with Gasteiger partial charge in [0.05, 0.1) is 6.04 Å². The van der Waals surface area contributed by atoms with Gasteiger partial charge in [-0.15, -0.1) is 0 Å². The molecule has 0 bridgehead atoms. The number of aldehydes is 2. The van der Waals surface area contributed by atoms with Crippen LogP contribution in [0.2, 0.25) is 0 Å². The lowest BCUT2D eigenvalue weighted by atomic mass is 10.0. The van der Waals surface area contributed by atoms with Gasteiger partial charge in [0.15, 0.2) is 0 Å². The summed E-state index contributed by atoms with van der Waals surface area (Å²) in [5.74, 6) is -0.145. The summed E-state index contributed by atoms with van der Waals surface area (Å²) in [4.78, 5) is 47.8. The second-order valence-corrected chi connectivity index (χ2v) is 5.94. The fraction of sp³-hybridized carbons (Fsp3) is 0.647. The van der Waals surface area contributed by atoms with Crippen LogP contribution in [0.1, 0.15) is 39.5 Å². The highest BCUT2D eigenvalue weighted by molar-refractivity contribution is 5.90. The van der Waals surface area contributed by atoms with Gasteiger partial charge in [0.1, 0.15) is 12.6 Å². The molecule has 0 aliphatic carbocycles. The number of carbonyl (C=O) groups is 4. The second-order valence-electron chi connectivity index (χ2n) is 5.94. The maximum Gasteiger partial charge on any atom is 0.246 e. The van der Waals surface area contributed by atoms with Gasteiger partial charge in [0.2, 0.25) is 11.8 Å². The van der Waals surface area contributed by atoms with Crippen LogP contribution in [0, 0.1) is 5.92 Å². The van der Waals surface area contributed by atoms with Crippen molar-refractivity contribution in [3.05, 3.63) is 12.2 Å². The van der Waals surface area contributed by atoms with Crippen LogP contribution in [0.3, 0.4) is 0 Å². The minimum atomic E-state index is -0.379. The van der Waals surface area contributed by atoms with Crippen molar-refractivity contribution >= 4 is 24.4 Å². The van der Waals surface area contributed by atoms with Gasteiger partial charge in [-0.05, 0) is 24.8 Å². The number of unbranched alkanes of at least 4 members (excludes halogenated alkanes) is 2. The van der Waals surface area contributed by atoms with Gasteiger partial charge in [0, 0.05) is 33.1 Å². The van der Waals surface area contributed by atoms with Crippen LogP contribution in [0.25, 0.3) is 0 Å². The molecule has 1 unspecified atom stereocenters. The summed E-state index contributed by atoms with van der Waals surface area (Å²) in [6.45, 7) is 4.40. The summed E-state index contributed by atoms with van der Waals surface area (Å²) < 4.78 is 0. The third kappa shape index (κ3) is 8.28. The third-order valence-corrected chi connectivity index (χ3v) is 3.74. The number of allylic oxidation sites excluding steroid dienone is 1. The van der Waals surface area contributed by atoms with Crippen molar-refractivity contribution in [2.75, 3.05) is 20.6 Å². The molecule has 1 atom stereocenters. The maximum atomic E-state index is 12.0. The Hall–Kier alpha value is -1.98. The van der Waals surface area contributed by atoms with Crippen LogP contribution in [-0.2, 0) is 19.2 Å². The number of likely N-dealkylation sites (N-methyl/N-ethyl adjacent to an activating group) is 2. The highest BCUT2D eigenvalue weighted by Gasteiger charge is 2.21. The van der Waals surface area contributed by atoms with E-state index in [1.54, 1.807) is 14.1 Å². The number of hydrogen-bond donors (Lipinski definition) is 0. The van der Waals surface area contributed by atoms with Crippen molar-refractivity contribution in [3.63, 3.8) is 0 Å². The van der Waals surface area contributed by atoms with Crippen LogP contribution in [0.15, 0.2) is 12.2 Å². The number of rotatable bonds is 11. The Balaban J connectivity index is 4.01. The van der Waals surface area contributed by atoms with Gasteiger partial charge < -0.3 is 14.6 Å². The Labute approximate surface area is 138 Å². The van der Waals surface area contributed by atoms with Crippen molar-refractivity contribution in [2.45, 2.75) is 45.6 Å². The largest absolute Gasteiger partial charge is 0.342 e. The molecule has 0 aliphatic rings. The van der Waals surface area contributed by atoms with Crippen molar-refractivity contribution in [1.82, 2.24) is 9.80 Å². The highest BCUT2D eigenvalue weighted by Crippen LogP contribution is 2.10. The molecule has 0 N–H and O–H groups in total. The fourth-order valence-electron chi connectivity index (χ4n) is 2.20. The zero-order chi connectivity index (χ0) is 17.8. The summed E-state index contributed by atoms with van der Waals surface area (Å²) in [7, 11) is 3.33. The van der Waals surface area contributed by atoms with Crippen LogP contribution in [0.4, 0.5) is 0 Å². The number of hydrogen-bond acceptors (Lipinski definition) is 4. The SMILES string of the molecule is CC(C)C(C=O)N(C)C(=O)CCCCCN(C)C(=O)/C=C\C=O. The molecule has 6 nitrogen and oxygen atoms in total. The van der Waals surface area contributed by atoms with E-state index in [2.05, 4.69) is 0 Å². The molecule has 0 aromatic rings. The summed E-state index contributed by atoms with van der Waals surface area (Å²) in [5, 5.41) is 0. The first-order chi connectivity index (χ1) is 10.8. The molecule has 0 spiro atoms. The normalized spacial score (nSPS) is 12.2. The molecule has 130 valence electrons. The Morgan fingerprint density at radius 3 is 2.22 bits per heavy atom. The second kappa shape index (κ2) is 11.6. The topological polar surface area (TPSA) is 74.8 Å². The van der Waals surface area contributed by atoms with E-state index in [1.165, 1.54) is 22.0 Å². The smallest absolute Gasteiger partial charge is 0.246 e. The fourth-order valence-corrected chi connectivity index (χ4v) is 2.20. The molecule has 2 amide bonds. The van der Waals surface area contributed by atoms with Crippen molar-refractivity contribution in [3.8, 4) is 0 Å². The summed E-state index contributed by atoms with van der Waals surface area (Å²) >= 11 is 0. The minimum absolute atomic E-state index is 0.0332. The molecule has 0 aromatic heterocycles. The van der Waals surface area contributed by atoms with Gasteiger partial charge in [-0.3, -0.25) is 14.4 Å². The Kier molecular flexibility index (Phi) is 10.6. The highest BCUT2D eigenvalue weighted by atomic mass is 16.2. The zero-order valence-corrected chi connectivity index (χ0v) is 14.5. The van der Waals surface area contributed by atoms with Crippen LogP contribution in [0.5, 0.6) is 0 Å². The van der Waals surface area contributed by atoms with E-state index in [-0.39, 0.29) is 23.8 Å². The molecule has 0 saturated heterocycles. The van der Waals surface area contributed by atoms with Gasteiger partial charge in [-0.25, -0.2) is 0 Å². The number of nitrogens with zero attached hydrogens (tertiary/aromatic N) is 2. The lowest BCUT2D eigenvalue weighted by Gasteiger charge is -2.26. The van der Waals surface area contributed by atoms with Crippen LogP contribution >= 0.6 is 0 Å². The minimum Gasteiger partial charge on any atom is -0.342 e. The van der Waals surface area contributed by atoms with Crippen LogP contribution in [-0.4, -0.2) is 60.9 Å². The van der Waals surface area contributed by atoms with E-state index in [1.807, 2.05) is 13.8 Å².